The summed E-state index contributed by atoms with van der Waals surface area (Å²) in [5.74, 6) is 0.661. The van der Waals surface area contributed by atoms with Crippen LogP contribution in [0.4, 0.5) is 5.69 Å². The van der Waals surface area contributed by atoms with Crippen LogP contribution >= 0.6 is 11.6 Å². The van der Waals surface area contributed by atoms with E-state index < -0.39 is 0 Å². The first-order valence-electron chi connectivity index (χ1n) is 6.60. The first kappa shape index (κ1) is 13.0. The van der Waals surface area contributed by atoms with Crippen molar-refractivity contribution in [3.63, 3.8) is 0 Å². The summed E-state index contributed by atoms with van der Waals surface area (Å²) in [6, 6.07) is 5.30. The second-order valence-electron chi connectivity index (χ2n) is 5.25. The lowest BCUT2D eigenvalue weighted by Gasteiger charge is -2.37. The molecule has 1 spiro atoms. The van der Waals surface area contributed by atoms with Crippen LogP contribution in [0.5, 0.6) is 5.75 Å². The molecule has 2 aliphatic rings. The van der Waals surface area contributed by atoms with Crippen molar-refractivity contribution >= 4 is 17.3 Å². The third kappa shape index (κ3) is 2.81. The average Bonchev–Trinajstić information content (AvgIpc) is 2.82. The van der Waals surface area contributed by atoms with Crippen LogP contribution in [-0.4, -0.2) is 31.5 Å². The smallest absolute Gasteiger partial charge is 0.144 e. The molecule has 1 aromatic rings. The van der Waals surface area contributed by atoms with Crippen LogP contribution in [0.2, 0.25) is 5.02 Å². The zero-order valence-corrected chi connectivity index (χ0v) is 11.5. The summed E-state index contributed by atoms with van der Waals surface area (Å²) in [4.78, 5) is 0. The molecule has 2 aliphatic heterocycles. The fourth-order valence-corrected chi connectivity index (χ4v) is 2.90. The molecule has 0 amide bonds. The summed E-state index contributed by atoms with van der Waals surface area (Å²) < 4.78 is 17.3. The van der Waals surface area contributed by atoms with Crippen molar-refractivity contribution in [3.05, 3.63) is 23.2 Å². The Morgan fingerprint density at radius 1 is 1.37 bits per heavy atom. The first-order valence-corrected chi connectivity index (χ1v) is 6.98. The lowest BCUT2D eigenvalue weighted by molar-refractivity contribution is -0.112. The maximum absolute atomic E-state index is 6.01. The van der Waals surface area contributed by atoms with E-state index >= 15 is 0 Å². The highest BCUT2D eigenvalue weighted by molar-refractivity contribution is 6.30. The predicted octanol–water partition coefficient (Wildman–Crippen LogP) is 2.64. The van der Waals surface area contributed by atoms with Crippen molar-refractivity contribution in [2.45, 2.75) is 31.0 Å². The second-order valence-corrected chi connectivity index (χ2v) is 5.69. The SMILES string of the molecule is Nc1ccc(Cl)cc1OC1CCOC2(CCOC2)C1. The molecule has 2 atom stereocenters. The van der Waals surface area contributed by atoms with E-state index in [1.165, 1.54) is 0 Å². The number of hydrogen-bond acceptors (Lipinski definition) is 4. The van der Waals surface area contributed by atoms with Gasteiger partial charge in [-0.3, -0.25) is 0 Å². The van der Waals surface area contributed by atoms with Crippen LogP contribution in [-0.2, 0) is 9.47 Å². The van der Waals surface area contributed by atoms with Gasteiger partial charge in [0, 0.05) is 37.0 Å². The third-order valence-corrected chi connectivity index (χ3v) is 4.02. The third-order valence-electron chi connectivity index (χ3n) is 3.78. The molecular formula is C14H18ClNO3. The highest BCUT2D eigenvalue weighted by Gasteiger charge is 2.41. The molecule has 2 unspecified atom stereocenters. The van der Waals surface area contributed by atoms with Gasteiger partial charge in [-0.1, -0.05) is 11.6 Å². The molecule has 19 heavy (non-hydrogen) atoms. The van der Waals surface area contributed by atoms with Gasteiger partial charge in [0.2, 0.25) is 0 Å². The number of nitrogens with two attached hydrogens (primary N) is 1. The molecule has 2 fully saturated rings. The molecule has 4 nitrogen and oxygen atoms in total. The molecule has 0 radical (unpaired) electrons. The molecule has 2 heterocycles. The highest BCUT2D eigenvalue weighted by atomic mass is 35.5. The van der Waals surface area contributed by atoms with Crippen molar-refractivity contribution in [2.24, 2.45) is 0 Å². The van der Waals surface area contributed by atoms with E-state index in [2.05, 4.69) is 0 Å². The number of benzene rings is 1. The number of halogens is 1. The molecule has 5 heteroatoms. The van der Waals surface area contributed by atoms with Crippen molar-refractivity contribution in [3.8, 4) is 5.75 Å². The Hall–Kier alpha value is -0.970. The Morgan fingerprint density at radius 2 is 2.26 bits per heavy atom. The zero-order valence-electron chi connectivity index (χ0n) is 10.7. The molecule has 3 rings (SSSR count). The molecule has 104 valence electrons. The van der Waals surface area contributed by atoms with E-state index in [4.69, 9.17) is 31.5 Å². The standard InChI is InChI=1S/C14H18ClNO3/c15-10-1-2-12(16)13(7-10)19-11-3-5-18-14(8-11)4-6-17-9-14/h1-2,7,11H,3-6,8-9,16H2. The topological polar surface area (TPSA) is 53.7 Å². The van der Waals surface area contributed by atoms with Crippen LogP contribution in [0.25, 0.3) is 0 Å². The number of anilines is 1. The van der Waals surface area contributed by atoms with Crippen molar-refractivity contribution < 1.29 is 14.2 Å². The molecule has 0 saturated carbocycles. The minimum Gasteiger partial charge on any atom is -0.488 e. The van der Waals surface area contributed by atoms with E-state index in [9.17, 15) is 0 Å². The van der Waals surface area contributed by atoms with E-state index in [-0.39, 0.29) is 11.7 Å². The Labute approximate surface area is 117 Å². The van der Waals surface area contributed by atoms with E-state index in [1.807, 2.05) is 0 Å². The van der Waals surface area contributed by atoms with Gasteiger partial charge in [-0.25, -0.2) is 0 Å². The average molecular weight is 284 g/mol. The van der Waals surface area contributed by atoms with Gasteiger partial charge in [0.25, 0.3) is 0 Å². The maximum Gasteiger partial charge on any atom is 0.144 e. The van der Waals surface area contributed by atoms with Gasteiger partial charge >= 0.3 is 0 Å². The summed E-state index contributed by atoms with van der Waals surface area (Å²) >= 11 is 5.97. The maximum atomic E-state index is 6.01. The molecule has 0 bridgehead atoms. The van der Waals surface area contributed by atoms with Crippen molar-refractivity contribution in [1.29, 1.82) is 0 Å². The largest absolute Gasteiger partial charge is 0.488 e. The van der Waals surface area contributed by atoms with Gasteiger partial charge < -0.3 is 19.9 Å². The first-order chi connectivity index (χ1) is 9.17. The van der Waals surface area contributed by atoms with Gasteiger partial charge in [-0.2, -0.15) is 0 Å². The van der Waals surface area contributed by atoms with Crippen LogP contribution in [0.1, 0.15) is 19.3 Å². The van der Waals surface area contributed by atoms with E-state index in [1.54, 1.807) is 18.2 Å². The Bertz CT molecular complexity index is 460. The zero-order chi connectivity index (χ0) is 13.3. The minimum atomic E-state index is -0.156. The van der Waals surface area contributed by atoms with E-state index in [0.29, 0.717) is 29.7 Å². The van der Waals surface area contributed by atoms with Crippen LogP contribution in [0.3, 0.4) is 0 Å². The minimum absolute atomic E-state index is 0.108. The summed E-state index contributed by atoms with van der Waals surface area (Å²) in [6.07, 6.45) is 2.76. The van der Waals surface area contributed by atoms with Gasteiger partial charge in [0.1, 0.15) is 11.9 Å². The van der Waals surface area contributed by atoms with Crippen LogP contribution in [0, 0.1) is 0 Å². The summed E-state index contributed by atoms with van der Waals surface area (Å²) in [5.41, 5.74) is 6.37. The normalized spacial score (nSPS) is 30.7. The summed E-state index contributed by atoms with van der Waals surface area (Å²) in [7, 11) is 0. The van der Waals surface area contributed by atoms with E-state index in [0.717, 1.165) is 25.9 Å². The Morgan fingerprint density at radius 3 is 3.05 bits per heavy atom. The van der Waals surface area contributed by atoms with Crippen LogP contribution < -0.4 is 10.5 Å². The second kappa shape index (κ2) is 5.19. The number of hydrogen-bond donors (Lipinski definition) is 1. The molecule has 2 saturated heterocycles. The lowest BCUT2D eigenvalue weighted by Crippen LogP contribution is -2.44. The predicted molar refractivity (Wildman–Crippen MR) is 73.6 cm³/mol. The van der Waals surface area contributed by atoms with Gasteiger partial charge in [-0.05, 0) is 12.1 Å². The number of rotatable bonds is 2. The molecule has 0 aromatic heterocycles. The molecule has 0 aliphatic carbocycles. The van der Waals surface area contributed by atoms with Gasteiger partial charge in [0.05, 0.1) is 24.5 Å². The van der Waals surface area contributed by atoms with Crippen molar-refractivity contribution in [1.82, 2.24) is 0 Å². The summed E-state index contributed by atoms with van der Waals surface area (Å²) in [5, 5.41) is 0.634. The Balaban J connectivity index is 1.70. The monoisotopic (exact) mass is 283 g/mol. The fraction of sp³-hybridized carbons (Fsp3) is 0.571. The lowest BCUT2D eigenvalue weighted by atomic mass is 9.91. The van der Waals surface area contributed by atoms with Crippen molar-refractivity contribution in [2.75, 3.05) is 25.6 Å². The van der Waals surface area contributed by atoms with Crippen LogP contribution in [0.15, 0.2) is 18.2 Å². The summed E-state index contributed by atoms with van der Waals surface area (Å²) in [6.45, 7) is 2.14. The van der Waals surface area contributed by atoms with Gasteiger partial charge in [0.15, 0.2) is 0 Å². The fourth-order valence-electron chi connectivity index (χ4n) is 2.74. The number of nitrogen functional groups attached to an aromatic ring is 1. The number of ether oxygens (including phenoxy) is 3. The molecule has 1 aromatic carbocycles. The molecular weight excluding hydrogens is 266 g/mol. The van der Waals surface area contributed by atoms with Gasteiger partial charge in [-0.15, -0.1) is 0 Å². The highest BCUT2D eigenvalue weighted by Crippen LogP contribution is 2.36. The quantitative estimate of drug-likeness (QED) is 0.848. The molecule has 2 N–H and O–H groups in total. The Kier molecular flexibility index (Phi) is 3.56.